The quantitative estimate of drug-likeness (QED) is 0.676. The van der Waals surface area contributed by atoms with Crippen molar-refractivity contribution in [3.05, 3.63) is 70.9 Å². The van der Waals surface area contributed by atoms with Crippen molar-refractivity contribution in [3.63, 3.8) is 0 Å². The minimum Gasteiger partial charge on any atom is -0.488 e. The number of hydrogen-bond donors (Lipinski definition) is 0. The molecule has 0 aliphatic carbocycles. The lowest BCUT2D eigenvalue weighted by atomic mass is 9.96. The predicted octanol–water partition coefficient (Wildman–Crippen LogP) is 4.89. The van der Waals surface area contributed by atoms with Gasteiger partial charge in [0.2, 0.25) is 0 Å². The molecule has 1 aliphatic heterocycles. The maximum absolute atomic E-state index is 5.99. The molecule has 1 nitrogen and oxygen atoms in total. The molecule has 0 amide bonds. The average Bonchev–Trinajstić information content (AvgIpc) is 2.56. The molecular weight excluding hydrogens is 260 g/mol. The van der Waals surface area contributed by atoms with E-state index in [1.165, 1.54) is 22.3 Å². The number of hydrogen-bond acceptors (Lipinski definition) is 1. The van der Waals surface area contributed by atoms with E-state index in [1.54, 1.807) is 0 Å². The predicted molar refractivity (Wildman–Crippen MR) is 87.6 cm³/mol. The summed E-state index contributed by atoms with van der Waals surface area (Å²) in [6.45, 7) is 7.77. The lowest BCUT2D eigenvalue weighted by molar-refractivity contribution is 0.307. The molecule has 0 bridgehead atoms. The maximum atomic E-state index is 5.99. The van der Waals surface area contributed by atoms with E-state index in [1.807, 2.05) is 6.07 Å². The van der Waals surface area contributed by atoms with Gasteiger partial charge in [-0.25, -0.2) is 0 Å². The lowest BCUT2D eigenvalue weighted by Gasteiger charge is -2.16. The number of rotatable bonds is 1. The van der Waals surface area contributed by atoms with Gasteiger partial charge in [0, 0.05) is 5.56 Å². The Balaban J connectivity index is 2.27. The van der Waals surface area contributed by atoms with Crippen LogP contribution < -0.4 is 4.74 Å². The van der Waals surface area contributed by atoms with Crippen LogP contribution in [0.4, 0.5) is 0 Å². The largest absolute Gasteiger partial charge is 0.488 e. The topological polar surface area (TPSA) is 9.23 Å². The molecule has 0 unspecified atom stereocenters. The summed E-state index contributed by atoms with van der Waals surface area (Å²) in [6, 6.07) is 17.0. The lowest BCUT2D eigenvalue weighted by Crippen LogP contribution is -2.17. The molecule has 1 aliphatic rings. The zero-order valence-corrected chi connectivity index (χ0v) is 13.3. The SMILES string of the molecule is C[Si](C)(C)/C=C1/c2ccccc2COc2ccccc21. The van der Waals surface area contributed by atoms with Gasteiger partial charge in [0.15, 0.2) is 0 Å². The fourth-order valence-electron chi connectivity index (χ4n) is 2.61. The van der Waals surface area contributed by atoms with Crippen LogP contribution in [0.25, 0.3) is 5.57 Å². The highest BCUT2D eigenvalue weighted by atomic mass is 28.3. The molecule has 1 heterocycles. The molecule has 0 N–H and O–H groups in total. The van der Waals surface area contributed by atoms with Crippen molar-refractivity contribution >= 4 is 13.6 Å². The highest BCUT2D eigenvalue weighted by Gasteiger charge is 2.21. The fourth-order valence-corrected chi connectivity index (χ4v) is 3.79. The number of ether oxygens (including phenoxy) is 1. The van der Waals surface area contributed by atoms with Crippen LogP contribution >= 0.6 is 0 Å². The standard InChI is InChI=1S/C18H20OSi/c1-20(2,3)13-17-15-9-5-4-8-14(15)12-19-18-11-7-6-10-16(17)18/h4-11,13H,12H2,1-3H3/b17-13-. The van der Waals surface area contributed by atoms with E-state index in [4.69, 9.17) is 4.74 Å². The second-order valence-electron chi connectivity index (χ2n) is 6.37. The fraction of sp³-hybridized carbons (Fsp3) is 0.222. The molecule has 0 atom stereocenters. The second kappa shape index (κ2) is 4.95. The second-order valence-corrected chi connectivity index (χ2v) is 11.4. The highest BCUT2D eigenvalue weighted by molar-refractivity contribution is 6.81. The van der Waals surface area contributed by atoms with Crippen LogP contribution in [0.15, 0.2) is 54.2 Å². The van der Waals surface area contributed by atoms with E-state index in [0.29, 0.717) is 6.61 Å². The third-order valence-electron chi connectivity index (χ3n) is 3.45. The number of benzene rings is 2. The first-order valence-electron chi connectivity index (χ1n) is 7.08. The smallest absolute Gasteiger partial charge is 0.127 e. The van der Waals surface area contributed by atoms with E-state index in [9.17, 15) is 0 Å². The molecule has 2 aromatic carbocycles. The summed E-state index contributed by atoms with van der Waals surface area (Å²) < 4.78 is 5.99. The van der Waals surface area contributed by atoms with Crippen molar-refractivity contribution in [2.24, 2.45) is 0 Å². The van der Waals surface area contributed by atoms with E-state index < -0.39 is 8.07 Å². The Bertz CT molecular complexity index is 616. The Labute approximate surface area is 121 Å². The van der Waals surface area contributed by atoms with Crippen LogP contribution in [0.3, 0.4) is 0 Å². The summed E-state index contributed by atoms with van der Waals surface area (Å²) >= 11 is 0. The summed E-state index contributed by atoms with van der Waals surface area (Å²) in [5, 5.41) is 0. The summed E-state index contributed by atoms with van der Waals surface area (Å²) in [5.41, 5.74) is 7.64. The van der Waals surface area contributed by atoms with E-state index in [2.05, 4.69) is 67.8 Å². The molecule has 0 saturated heterocycles. The third-order valence-corrected chi connectivity index (χ3v) is 4.60. The number of para-hydroxylation sites is 1. The molecule has 0 saturated carbocycles. The molecule has 0 aromatic heterocycles. The first kappa shape index (κ1) is 13.2. The first-order valence-corrected chi connectivity index (χ1v) is 10.7. The molecule has 20 heavy (non-hydrogen) atoms. The molecule has 3 rings (SSSR count). The zero-order chi connectivity index (χ0) is 14.2. The summed E-state index contributed by atoms with van der Waals surface area (Å²) in [7, 11) is -1.32. The van der Waals surface area contributed by atoms with Gasteiger partial charge in [-0.3, -0.25) is 0 Å². The first-order chi connectivity index (χ1) is 9.54. The highest BCUT2D eigenvalue weighted by Crippen LogP contribution is 2.37. The van der Waals surface area contributed by atoms with Gasteiger partial charge in [0.05, 0.1) is 8.07 Å². The van der Waals surface area contributed by atoms with Crippen molar-refractivity contribution in [1.82, 2.24) is 0 Å². The summed E-state index contributed by atoms with van der Waals surface area (Å²) in [6.07, 6.45) is 0. The number of fused-ring (bicyclic) bond motifs is 2. The van der Waals surface area contributed by atoms with Gasteiger partial charge in [-0.2, -0.15) is 0 Å². The minimum atomic E-state index is -1.32. The van der Waals surface area contributed by atoms with Crippen LogP contribution in [-0.4, -0.2) is 8.07 Å². The molecule has 102 valence electrons. The van der Waals surface area contributed by atoms with Crippen molar-refractivity contribution in [1.29, 1.82) is 0 Å². The molecule has 2 aromatic rings. The van der Waals surface area contributed by atoms with Gasteiger partial charge in [0.25, 0.3) is 0 Å². The van der Waals surface area contributed by atoms with E-state index >= 15 is 0 Å². The van der Waals surface area contributed by atoms with E-state index in [0.717, 1.165) is 5.75 Å². The molecule has 2 heteroatoms. The normalized spacial score (nSPS) is 16.1. The van der Waals surface area contributed by atoms with Crippen LogP contribution in [-0.2, 0) is 6.61 Å². The summed E-state index contributed by atoms with van der Waals surface area (Å²) in [4.78, 5) is 0. The minimum absolute atomic E-state index is 0.649. The molecule has 0 spiro atoms. The molecule has 0 fully saturated rings. The maximum Gasteiger partial charge on any atom is 0.127 e. The van der Waals surface area contributed by atoms with Gasteiger partial charge in [-0.05, 0) is 22.8 Å². The van der Waals surface area contributed by atoms with Crippen molar-refractivity contribution in [2.75, 3.05) is 0 Å². The van der Waals surface area contributed by atoms with Crippen molar-refractivity contribution in [2.45, 2.75) is 26.2 Å². The Morgan fingerprint density at radius 3 is 2.30 bits per heavy atom. The van der Waals surface area contributed by atoms with Gasteiger partial charge < -0.3 is 4.74 Å². The average molecular weight is 280 g/mol. The Kier molecular flexibility index (Phi) is 3.26. The summed E-state index contributed by atoms with van der Waals surface area (Å²) in [5.74, 6) is 0.994. The Morgan fingerprint density at radius 2 is 1.55 bits per heavy atom. The Hall–Kier alpha value is -1.80. The van der Waals surface area contributed by atoms with Gasteiger partial charge in [0.1, 0.15) is 12.4 Å². The van der Waals surface area contributed by atoms with Crippen LogP contribution in [0.2, 0.25) is 19.6 Å². The van der Waals surface area contributed by atoms with Gasteiger partial charge >= 0.3 is 0 Å². The van der Waals surface area contributed by atoms with Crippen LogP contribution in [0.5, 0.6) is 5.75 Å². The van der Waals surface area contributed by atoms with Crippen molar-refractivity contribution < 1.29 is 4.74 Å². The van der Waals surface area contributed by atoms with E-state index in [-0.39, 0.29) is 0 Å². The monoisotopic (exact) mass is 280 g/mol. The zero-order valence-electron chi connectivity index (χ0n) is 12.3. The molecular formula is C18H20OSi. The Morgan fingerprint density at radius 1 is 0.900 bits per heavy atom. The van der Waals surface area contributed by atoms with Crippen LogP contribution in [0, 0.1) is 0 Å². The van der Waals surface area contributed by atoms with Gasteiger partial charge in [-0.1, -0.05) is 67.8 Å². The van der Waals surface area contributed by atoms with Crippen molar-refractivity contribution in [3.8, 4) is 5.75 Å². The van der Waals surface area contributed by atoms with Gasteiger partial charge in [-0.15, -0.1) is 0 Å². The molecule has 0 radical (unpaired) electrons. The third kappa shape index (κ3) is 2.56. The van der Waals surface area contributed by atoms with Crippen LogP contribution in [0.1, 0.15) is 16.7 Å².